The molecule has 106 valence electrons. The van der Waals surface area contributed by atoms with E-state index in [0.717, 1.165) is 17.7 Å². The molecule has 3 nitrogen and oxygen atoms in total. The highest BCUT2D eigenvalue weighted by atomic mass is 79.9. The monoisotopic (exact) mass is 371 g/mol. The molecule has 6 heteroatoms. The quantitative estimate of drug-likeness (QED) is 0.816. The first kappa shape index (κ1) is 14.3. The molecule has 1 saturated heterocycles. The summed E-state index contributed by atoms with van der Waals surface area (Å²) in [7, 11) is -3.45. The maximum Gasteiger partial charge on any atom is 0.244 e. The molecule has 0 N–H and O–H groups in total. The van der Waals surface area contributed by atoms with Gasteiger partial charge in [-0.3, -0.25) is 0 Å². The molecule has 1 aliphatic rings. The van der Waals surface area contributed by atoms with Crippen molar-refractivity contribution in [3.63, 3.8) is 0 Å². The minimum Gasteiger partial charge on any atom is -0.207 e. The van der Waals surface area contributed by atoms with E-state index < -0.39 is 10.0 Å². The Morgan fingerprint density at radius 3 is 2.70 bits per heavy atom. The molecule has 0 amide bonds. The standard InChI is InChI=1S/C14H14BrNO2S2/c15-11-5-1-2-8-14(11)20(17,18)16-9-3-6-12(16)13-7-4-10-19-13/h1-2,4-5,7-8,10,12H,3,6,9H2/t12-/m0/s1. The molecule has 0 saturated carbocycles. The number of nitrogens with zero attached hydrogens (tertiary/aromatic N) is 1. The second-order valence-corrected chi connectivity index (χ2v) is 8.41. The van der Waals surface area contributed by atoms with E-state index >= 15 is 0 Å². The van der Waals surface area contributed by atoms with E-state index in [4.69, 9.17) is 0 Å². The molecule has 2 heterocycles. The minimum atomic E-state index is -3.45. The molecule has 1 fully saturated rings. The third kappa shape index (κ3) is 2.45. The van der Waals surface area contributed by atoms with Crippen LogP contribution < -0.4 is 0 Å². The highest BCUT2D eigenvalue weighted by Gasteiger charge is 2.37. The first-order valence-electron chi connectivity index (χ1n) is 6.40. The fourth-order valence-electron chi connectivity index (χ4n) is 2.57. The fraction of sp³-hybridized carbons (Fsp3) is 0.286. The molecule has 1 aliphatic heterocycles. The van der Waals surface area contributed by atoms with Crippen molar-refractivity contribution >= 4 is 37.3 Å². The van der Waals surface area contributed by atoms with Crippen LogP contribution in [0.2, 0.25) is 0 Å². The van der Waals surface area contributed by atoms with Crippen molar-refractivity contribution in [1.82, 2.24) is 4.31 Å². The summed E-state index contributed by atoms with van der Waals surface area (Å²) in [5.74, 6) is 0. The predicted molar refractivity (Wildman–Crippen MR) is 84.3 cm³/mol. The summed E-state index contributed by atoms with van der Waals surface area (Å²) in [6, 6.07) is 11.0. The number of hydrogen-bond acceptors (Lipinski definition) is 3. The van der Waals surface area contributed by atoms with Gasteiger partial charge in [0.25, 0.3) is 0 Å². The summed E-state index contributed by atoms with van der Waals surface area (Å²) in [5, 5.41) is 2.00. The molecule has 0 unspecified atom stereocenters. The van der Waals surface area contributed by atoms with Crippen LogP contribution in [0.5, 0.6) is 0 Å². The molecule has 0 radical (unpaired) electrons. The van der Waals surface area contributed by atoms with E-state index in [1.807, 2.05) is 23.6 Å². The Morgan fingerprint density at radius 2 is 2.00 bits per heavy atom. The molecule has 1 atom stereocenters. The number of halogens is 1. The van der Waals surface area contributed by atoms with Gasteiger partial charge >= 0.3 is 0 Å². The van der Waals surface area contributed by atoms with Gasteiger partial charge in [0.1, 0.15) is 0 Å². The van der Waals surface area contributed by atoms with Gasteiger partial charge in [-0.25, -0.2) is 8.42 Å². The summed E-state index contributed by atoms with van der Waals surface area (Å²) in [6.45, 7) is 0.590. The van der Waals surface area contributed by atoms with E-state index in [2.05, 4.69) is 15.9 Å². The van der Waals surface area contributed by atoms with Crippen LogP contribution >= 0.6 is 27.3 Å². The fourth-order valence-corrected chi connectivity index (χ4v) is 6.15. The Labute approximate surface area is 131 Å². The van der Waals surface area contributed by atoms with Gasteiger partial charge in [0.05, 0.1) is 10.9 Å². The van der Waals surface area contributed by atoms with Crippen LogP contribution in [0.4, 0.5) is 0 Å². The molecule has 3 rings (SSSR count). The van der Waals surface area contributed by atoms with Crippen molar-refractivity contribution in [2.24, 2.45) is 0 Å². The Bertz CT molecular complexity index is 698. The van der Waals surface area contributed by atoms with Crippen LogP contribution in [0, 0.1) is 0 Å². The lowest BCUT2D eigenvalue weighted by Crippen LogP contribution is -2.30. The zero-order valence-electron chi connectivity index (χ0n) is 10.7. The molecule has 1 aromatic carbocycles. The Hall–Kier alpha value is -0.690. The van der Waals surface area contributed by atoms with Gasteiger partial charge in [0, 0.05) is 15.9 Å². The lowest BCUT2D eigenvalue weighted by Gasteiger charge is -2.23. The third-order valence-corrected chi connectivity index (χ3v) is 7.39. The zero-order chi connectivity index (χ0) is 14.2. The van der Waals surface area contributed by atoms with Gasteiger partial charge in [-0.2, -0.15) is 4.31 Å². The summed E-state index contributed by atoms with van der Waals surface area (Å²) in [6.07, 6.45) is 1.80. The number of sulfonamides is 1. The van der Waals surface area contributed by atoms with Crippen LogP contribution in [0.3, 0.4) is 0 Å². The maximum absolute atomic E-state index is 12.9. The second-order valence-electron chi connectivity index (χ2n) is 4.72. The van der Waals surface area contributed by atoms with Gasteiger partial charge in [-0.1, -0.05) is 18.2 Å². The summed E-state index contributed by atoms with van der Waals surface area (Å²) in [5.41, 5.74) is 0. The minimum absolute atomic E-state index is 0.0212. The van der Waals surface area contributed by atoms with Crippen molar-refractivity contribution in [3.05, 3.63) is 51.1 Å². The molecule has 1 aromatic heterocycles. The third-order valence-electron chi connectivity index (χ3n) is 3.50. The van der Waals surface area contributed by atoms with Gasteiger partial charge in [-0.05, 0) is 52.4 Å². The van der Waals surface area contributed by atoms with Crippen LogP contribution in [-0.2, 0) is 10.0 Å². The number of benzene rings is 1. The maximum atomic E-state index is 12.9. The van der Waals surface area contributed by atoms with Crippen molar-refractivity contribution in [1.29, 1.82) is 0 Å². The lowest BCUT2D eigenvalue weighted by molar-refractivity contribution is 0.400. The van der Waals surface area contributed by atoms with Crippen LogP contribution in [0.1, 0.15) is 23.8 Å². The van der Waals surface area contributed by atoms with Gasteiger partial charge < -0.3 is 0 Å². The van der Waals surface area contributed by atoms with Crippen molar-refractivity contribution < 1.29 is 8.42 Å². The predicted octanol–water partition coefficient (Wildman–Crippen LogP) is 4.04. The van der Waals surface area contributed by atoms with Crippen molar-refractivity contribution in [3.8, 4) is 0 Å². The number of rotatable bonds is 3. The Morgan fingerprint density at radius 1 is 1.20 bits per heavy atom. The molecule has 20 heavy (non-hydrogen) atoms. The Balaban J connectivity index is 2.01. The summed E-state index contributed by atoms with van der Waals surface area (Å²) in [4.78, 5) is 1.47. The molecule has 2 aromatic rings. The van der Waals surface area contributed by atoms with Crippen LogP contribution in [-0.4, -0.2) is 19.3 Å². The normalized spacial score (nSPS) is 20.4. The lowest BCUT2D eigenvalue weighted by atomic mass is 10.2. The van der Waals surface area contributed by atoms with E-state index in [0.29, 0.717) is 15.9 Å². The zero-order valence-corrected chi connectivity index (χ0v) is 13.9. The average Bonchev–Trinajstić information content (AvgIpc) is 3.10. The SMILES string of the molecule is O=S(=O)(c1ccccc1Br)N1CCC[C@H]1c1cccs1. The van der Waals surface area contributed by atoms with Crippen molar-refractivity contribution in [2.75, 3.05) is 6.54 Å². The number of thiophene rings is 1. The average molecular weight is 372 g/mol. The van der Waals surface area contributed by atoms with E-state index in [1.54, 1.807) is 33.8 Å². The molecule has 0 aliphatic carbocycles. The topological polar surface area (TPSA) is 37.4 Å². The van der Waals surface area contributed by atoms with Gasteiger partial charge in [0.15, 0.2) is 0 Å². The largest absolute Gasteiger partial charge is 0.244 e. The smallest absolute Gasteiger partial charge is 0.207 e. The van der Waals surface area contributed by atoms with E-state index in [9.17, 15) is 8.42 Å². The van der Waals surface area contributed by atoms with E-state index in [-0.39, 0.29) is 6.04 Å². The highest BCUT2D eigenvalue weighted by Crippen LogP contribution is 2.39. The second kappa shape index (κ2) is 5.60. The first-order chi connectivity index (χ1) is 9.60. The number of hydrogen-bond donors (Lipinski definition) is 0. The molecular formula is C14H14BrNO2S2. The van der Waals surface area contributed by atoms with Gasteiger partial charge in [0.2, 0.25) is 10.0 Å². The van der Waals surface area contributed by atoms with Crippen LogP contribution in [0.15, 0.2) is 51.1 Å². The van der Waals surface area contributed by atoms with Crippen LogP contribution in [0.25, 0.3) is 0 Å². The Kier molecular flexibility index (Phi) is 3.99. The molecule has 0 bridgehead atoms. The van der Waals surface area contributed by atoms with Gasteiger partial charge in [-0.15, -0.1) is 11.3 Å². The summed E-state index contributed by atoms with van der Waals surface area (Å²) < 4.78 is 28.0. The first-order valence-corrected chi connectivity index (χ1v) is 9.52. The summed E-state index contributed by atoms with van der Waals surface area (Å²) >= 11 is 4.97. The van der Waals surface area contributed by atoms with E-state index in [1.165, 1.54) is 0 Å². The molecule has 0 spiro atoms. The van der Waals surface area contributed by atoms with Crippen molar-refractivity contribution in [2.45, 2.75) is 23.8 Å². The highest BCUT2D eigenvalue weighted by molar-refractivity contribution is 9.10. The molecular weight excluding hydrogens is 358 g/mol.